The molecular weight excluding hydrogens is 433 g/mol. The van der Waals surface area contributed by atoms with Crippen molar-refractivity contribution in [1.29, 1.82) is 0 Å². The van der Waals surface area contributed by atoms with E-state index in [9.17, 15) is 18.8 Å². The Hall–Kier alpha value is -4.08. The van der Waals surface area contributed by atoms with Gasteiger partial charge < -0.3 is 14.0 Å². The monoisotopic (exact) mass is 453 g/mol. The van der Waals surface area contributed by atoms with Crippen LogP contribution in [0.25, 0.3) is 0 Å². The molecule has 4 rings (SSSR count). The zero-order valence-electron chi connectivity index (χ0n) is 17.9. The molecule has 3 aromatic rings. The smallest absolute Gasteiger partial charge is 0.330 e. The van der Waals surface area contributed by atoms with Crippen molar-refractivity contribution in [2.75, 3.05) is 0 Å². The quantitative estimate of drug-likeness (QED) is 0.378. The summed E-state index contributed by atoms with van der Waals surface area (Å²) in [6.07, 6.45) is 0. The first-order valence-corrected chi connectivity index (χ1v) is 10.2. The maximum Gasteiger partial charge on any atom is 0.330 e. The number of hydrogen-bond donors (Lipinski definition) is 0. The van der Waals surface area contributed by atoms with Gasteiger partial charge in [0.15, 0.2) is 13.2 Å². The fraction of sp³-hybridized carbons (Fsp3) is 0.261. The zero-order valence-corrected chi connectivity index (χ0v) is 17.9. The second kappa shape index (κ2) is 9.19. The number of aromatic nitrogens is 2. The van der Waals surface area contributed by atoms with Crippen LogP contribution in [0.1, 0.15) is 46.3 Å². The predicted octanol–water partition coefficient (Wildman–Crippen LogP) is 3.15. The van der Waals surface area contributed by atoms with Crippen LogP contribution in [0.3, 0.4) is 0 Å². The molecule has 10 heteroatoms. The molecule has 2 aromatic carbocycles. The Bertz CT molecular complexity index is 1160. The van der Waals surface area contributed by atoms with Gasteiger partial charge in [-0.05, 0) is 42.3 Å². The van der Waals surface area contributed by atoms with E-state index < -0.39 is 23.8 Å². The first-order chi connectivity index (χ1) is 15.8. The van der Waals surface area contributed by atoms with Crippen molar-refractivity contribution in [3.63, 3.8) is 0 Å². The van der Waals surface area contributed by atoms with Gasteiger partial charge in [0.25, 0.3) is 17.7 Å². The number of nitrogens with zero attached hydrogens (tertiary/aromatic N) is 3. The molecule has 33 heavy (non-hydrogen) atoms. The number of carbonyl (C=O) groups is 3. The summed E-state index contributed by atoms with van der Waals surface area (Å²) < 4.78 is 28.7. The van der Waals surface area contributed by atoms with Gasteiger partial charge in [-0.15, -0.1) is 0 Å². The van der Waals surface area contributed by atoms with Crippen LogP contribution in [0.4, 0.5) is 4.39 Å². The van der Waals surface area contributed by atoms with Gasteiger partial charge in [-0.1, -0.05) is 31.1 Å². The Morgan fingerprint density at radius 1 is 1.03 bits per heavy atom. The van der Waals surface area contributed by atoms with Crippen LogP contribution >= 0.6 is 0 Å². The molecular formula is C23H20FN3O6. The second-order valence-electron chi connectivity index (χ2n) is 7.67. The number of imide groups is 1. The van der Waals surface area contributed by atoms with Gasteiger partial charge in [0.05, 0.1) is 11.1 Å². The minimum absolute atomic E-state index is 0.0194. The molecule has 0 saturated carbocycles. The third-order valence-corrected chi connectivity index (χ3v) is 5.01. The predicted molar refractivity (Wildman–Crippen MR) is 110 cm³/mol. The number of amides is 2. The van der Waals surface area contributed by atoms with Gasteiger partial charge in [-0.25, -0.2) is 9.18 Å². The minimum atomic E-state index is -1.11. The van der Waals surface area contributed by atoms with Gasteiger partial charge in [-0.3, -0.25) is 14.5 Å². The first kappa shape index (κ1) is 22.1. The maximum absolute atomic E-state index is 12.9. The molecule has 0 unspecified atom stereocenters. The van der Waals surface area contributed by atoms with E-state index in [4.69, 9.17) is 14.0 Å². The summed E-state index contributed by atoms with van der Waals surface area (Å²) in [6, 6.07) is 10.7. The Morgan fingerprint density at radius 2 is 1.67 bits per heavy atom. The molecule has 1 aromatic heterocycles. The summed E-state index contributed by atoms with van der Waals surface area (Å²) in [5, 5.41) is 3.74. The van der Waals surface area contributed by atoms with E-state index >= 15 is 0 Å². The van der Waals surface area contributed by atoms with Crippen molar-refractivity contribution in [3.05, 3.63) is 77.2 Å². The Balaban J connectivity index is 1.38. The lowest BCUT2D eigenvalue weighted by Crippen LogP contribution is -2.48. The summed E-state index contributed by atoms with van der Waals surface area (Å²) in [4.78, 5) is 43.4. The lowest BCUT2D eigenvalue weighted by atomic mass is 10.0. The summed E-state index contributed by atoms with van der Waals surface area (Å²) in [7, 11) is 0. The van der Waals surface area contributed by atoms with Gasteiger partial charge >= 0.3 is 5.97 Å². The Morgan fingerprint density at radius 3 is 2.27 bits per heavy atom. The summed E-state index contributed by atoms with van der Waals surface area (Å²) >= 11 is 0. The zero-order chi connectivity index (χ0) is 23.5. The highest BCUT2D eigenvalue weighted by Crippen LogP contribution is 2.27. The molecule has 2 amide bonds. The molecule has 170 valence electrons. The summed E-state index contributed by atoms with van der Waals surface area (Å²) in [5.41, 5.74) is 0.507. The number of fused-ring (bicyclic) bond motifs is 1. The van der Waals surface area contributed by atoms with Crippen molar-refractivity contribution < 1.29 is 32.8 Å². The van der Waals surface area contributed by atoms with E-state index in [2.05, 4.69) is 10.1 Å². The number of halogens is 1. The van der Waals surface area contributed by atoms with Gasteiger partial charge in [0, 0.05) is 0 Å². The topological polar surface area (TPSA) is 112 Å². The summed E-state index contributed by atoms with van der Waals surface area (Å²) in [6.45, 7) is 3.06. The molecule has 0 bridgehead atoms. The molecule has 0 N–H and O–H groups in total. The molecule has 0 fully saturated rings. The van der Waals surface area contributed by atoms with Crippen molar-refractivity contribution in [3.8, 4) is 5.75 Å². The molecule has 0 aliphatic carbocycles. The van der Waals surface area contributed by atoms with Crippen molar-refractivity contribution >= 4 is 17.8 Å². The summed E-state index contributed by atoms with van der Waals surface area (Å²) in [5.74, 6) is -1.96. The van der Waals surface area contributed by atoms with Crippen LogP contribution in [-0.2, 0) is 22.7 Å². The highest BCUT2D eigenvalue weighted by Gasteiger charge is 2.44. The van der Waals surface area contributed by atoms with E-state index in [0.29, 0.717) is 5.75 Å². The number of carbonyl (C=O) groups excluding carboxylic acids is 3. The third kappa shape index (κ3) is 4.59. The molecule has 2 heterocycles. The molecule has 9 nitrogen and oxygen atoms in total. The Kier molecular flexibility index (Phi) is 6.16. The van der Waals surface area contributed by atoms with E-state index in [-0.39, 0.29) is 47.8 Å². The average molecular weight is 453 g/mol. The largest absolute Gasteiger partial charge is 0.485 e. The van der Waals surface area contributed by atoms with E-state index in [0.717, 1.165) is 4.90 Å². The van der Waals surface area contributed by atoms with E-state index in [1.54, 1.807) is 38.1 Å². The maximum atomic E-state index is 12.9. The molecule has 0 radical (unpaired) electrons. The van der Waals surface area contributed by atoms with Gasteiger partial charge in [0.2, 0.25) is 5.82 Å². The van der Waals surface area contributed by atoms with Crippen molar-refractivity contribution in [2.45, 2.75) is 33.1 Å². The van der Waals surface area contributed by atoms with Crippen LogP contribution < -0.4 is 4.74 Å². The van der Waals surface area contributed by atoms with Crippen LogP contribution in [0.15, 0.2) is 53.1 Å². The van der Waals surface area contributed by atoms with Crippen LogP contribution in [-0.4, -0.2) is 38.9 Å². The Labute approximate surface area is 188 Å². The molecule has 1 atom stereocenters. The lowest BCUT2D eigenvalue weighted by molar-refractivity contribution is -0.152. The SMILES string of the molecule is CC(C)[C@@H](C(=O)OCc1nc(COc2ccc(F)cc2)no1)N1C(=O)c2ccccc2C1=O. The van der Waals surface area contributed by atoms with Gasteiger partial charge in [0.1, 0.15) is 17.6 Å². The second-order valence-corrected chi connectivity index (χ2v) is 7.67. The van der Waals surface area contributed by atoms with E-state index in [1.165, 1.54) is 24.3 Å². The fourth-order valence-corrected chi connectivity index (χ4v) is 3.44. The number of hydrogen-bond acceptors (Lipinski definition) is 8. The van der Waals surface area contributed by atoms with E-state index in [1.807, 2.05) is 0 Å². The standard InChI is InChI=1S/C23H20FN3O6/c1-13(2)20(27-21(28)16-5-3-4-6-17(16)22(27)29)23(30)32-12-19-25-18(26-33-19)11-31-15-9-7-14(24)8-10-15/h3-10,13,20H,11-12H2,1-2H3/t20-/m0/s1. The van der Waals surface area contributed by atoms with Crippen LogP contribution in [0, 0.1) is 11.7 Å². The lowest BCUT2D eigenvalue weighted by Gasteiger charge is -2.27. The van der Waals surface area contributed by atoms with Crippen LogP contribution in [0.5, 0.6) is 5.75 Å². The highest BCUT2D eigenvalue weighted by atomic mass is 19.1. The van der Waals surface area contributed by atoms with Crippen molar-refractivity contribution in [2.24, 2.45) is 5.92 Å². The third-order valence-electron chi connectivity index (χ3n) is 5.01. The van der Waals surface area contributed by atoms with Gasteiger partial charge in [-0.2, -0.15) is 4.98 Å². The van der Waals surface area contributed by atoms with Crippen molar-refractivity contribution in [1.82, 2.24) is 15.0 Å². The number of ether oxygens (including phenoxy) is 2. The molecule has 0 spiro atoms. The minimum Gasteiger partial charge on any atom is -0.485 e. The van der Waals surface area contributed by atoms with Crippen LogP contribution in [0.2, 0.25) is 0 Å². The fourth-order valence-electron chi connectivity index (χ4n) is 3.44. The molecule has 1 aliphatic rings. The highest BCUT2D eigenvalue weighted by molar-refractivity contribution is 6.22. The number of rotatable bonds is 8. The normalized spacial score (nSPS) is 13.9. The number of benzene rings is 2. The molecule has 0 saturated heterocycles. The average Bonchev–Trinajstić information content (AvgIpc) is 3.36. The number of esters is 1. The molecule has 1 aliphatic heterocycles. The first-order valence-electron chi connectivity index (χ1n) is 10.2.